The maximum absolute atomic E-state index is 12.4. The Kier molecular flexibility index (Phi) is 3.83. The number of para-hydroxylation sites is 1. The van der Waals surface area contributed by atoms with Gasteiger partial charge >= 0.3 is 0 Å². The van der Waals surface area contributed by atoms with Crippen LogP contribution < -0.4 is 5.32 Å². The first-order chi connectivity index (χ1) is 10.6. The molecule has 0 saturated heterocycles. The molecule has 1 fully saturated rings. The molecule has 1 saturated carbocycles. The zero-order valence-corrected chi connectivity index (χ0v) is 13.2. The largest absolute Gasteiger partial charge is 0.327 e. The van der Waals surface area contributed by atoms with Crippen molar-refractivity contribution in [3.8, 4) is 6.07 Å². The van der Waals surface area contributed by atoms with Gasteiger partial charge in [0, 0.05) is 18.4 Å². The second kappa shape index (κ2) is 5.65. The van der Waals surface area contributed by atoms with Crippen LogP contribution in [0.4, 0.5) is 5.69 Å². The first-order valence-corrected chi connectivity index (χ1v) is 8.18. The molecular weight excluding hydrogens is 298 g/mol. The van der Waals surface area contributed by atoms with E-state index in [2.05, 4.69) is 11.4 Å². The number of benzene rings is 1. The van der Waals surface area contributed by atoms with Crippen LogP contribution in [0, 0.1) is 11.3 Å². The van der Waals surface area contributed by atoms with Crippen LogP contribution in [-0.2, 0) is 9.59 Å². The van der Waals surface area contributed by atoms with Gasteiger partial charge in [0.05, 0.1) is 17.0 Å². The lowest BCUT2D eigenvalue weighted by Crippen LogP contribution is -2.54. The third-order valence-corrected chi connectivity index (χ3v) is 5.75. The quantitative estimate of drug-likeness (QED) is 0.929. The summed E-state index contributed by atoms with van der Waals surface area (Å²) in [7, 11) is 1.67. The molecule has 0 radical (unpaired) electrons. The Balaban J connectivity index is 1.70. The minimum Gasteiger partial charge on any atom is -0.327 e. The highest BCUT2D eigenvalue weighted by Gasteiger charge is 2.44. The molecule has 5 nitrogen and oxygen atoms in total. The smallest absolute Gasteiger partial charge is 0.238 e. The summed E-state index contributed by atoms with van der Waals surface area (Å²) in [5.74, 6) is -0.293. The monoisotopic (exact) mass is 315 g/mol. The summed E-state index contributed by atoms with van der Waals surface area (Å²) < 4.78 is 0. The number of hydrogen-bond donors (Lipinski definition) is 1. The maximum Gasteiger partial charge on any atom is 0.238 e. The number of hydrogen-bond acceptors (Lipinski definition) is 4. The van der Waals surface area contributed by atoms with Crippen LogP contribution in [0.3, 0.4) is 0 Å². The lowest BCUT2D eigenvalue weighted by Gasteiger charge is -2.43. The Hall–Kier alpha value is -2.00. The van der Waals surface area contributed by atoms with E-state index in [9.17, 15) is 14.9 Å². The number of thioether (sulfide) groups is 1. The number of amides is 2. The minimum absolute atomic E-state index is 0.116. The fraction of sp³-hybridized carbons (Fsp3) is 0.438. The van der Waals surface area contributed by atoms with Crippen LogP contribution in [0.2, 0.25) is 0 Å². The Bertz CT molecular complexity index is 664. The average molecular weight is 315 g/mol. The van der Waals surface area contributed by atoms with Crippen molar-refractivity contribution in [2.75, 3.05) is 12.4 Å². The summed E-state index contributed by atoms with van der Waals surface area (Å²) in [6, 6.07) is 9.82. The predicted molar refractivity (Wildman–Crippen MR) is 84.3 cm³/mol. The van der Waals surface area contributed by atoms with Gasteiger partial charge in [0.1, 0.15) is 5.54 Å². The van der Waals surface area contributed by atoms with Crippen molar-refractivity contribution >= 4 is 29.3 Å². The molecule has 22 heavy (non-hydrogen) atoms. The number of carbonyl (C=O) groups excluding carboxylic acids is 2. The summed E-state index contributed by atoms with van der Waals surface area (Å²) >= 11 is 1.41. The van der Waals surface area contributed by atoms with E-state index in [0.717, 1.165) is 29.8 Å². The molecule has 1 aromatic carbocycles. The van der Waals surface area contributed by atoms with Crippen LogP contribution >= 0.6 is 11.8 Å². The summed E-state index contributed by atoms with van der Waals surface area (Å²) in [5, 5.41) is 11.7. The van der Waals surface area contributed by atoms with Crippen molar-refractivity contribution in [2.45, 2.75) is 41.4 Å². The molecule has 1 aliphatic heterocycles. The third-order valence-electron chi connectivity index (χ3n) is 4.47. The molecule has 6 heteroatoms. The van der Waals surface area contributed by atoms with Crippen LogP contribution in [0.5, 0.6) is 0 Å². The second-order valence-electron chi connectivity index (χ2n) is 5.75. The first-order valence-electron chi connectivity index (χ1n) is 7.30. The molecule has 2 aliphatic rings. The van der Waals surface area contributed by atoms with Gasteiger partial charge < -0.3 is 10.2 Å². The van der Waals surface area contributed by atoms with Gasteiger partial charge in [-0.15, -0.1) is 11.8 Å². The summed E-state index contributed by atoms with van der Waals surface area (Å²) in [4.78, 5) is 27.1. The van der Waals surface area contributed by atoms with Crippen LogP contribution in [0.1, 0.15) is 25.7 Å². The van der Waals surface area contributed by atoms with E-state index in [1.165, 1.54) is 16.7 Å². The Morgan fingerprint density at radius 2 is 2.23 bits per heavy atom. The number of nitrogens with one attached hydrogen (secondary N) is 1. The van der Waals surface area contributed by atoms with Crippen LogP contribution in [-0.4, -0.2) is 34.6 Å². The van der Waals surface area contributed by atoms with Gasteiger partial charge in [-0.2, -0.15) is 5.26 Å². The predicted octanol–water partition coefficient (Wildman–Crippen LogP) is 2.39. The van der Waals surface area contributed by atoms with Crippen LogP contribution in [0.15, 0.2) is 29.2 Å². The van der Waals surface area contributed by atoms with Gasteiger partial charge in [0.2, 0.25) is 11.8 Å². The fourth-order valence-corrected chi connectivity index (χ4v) is 3.90. The van der Waals surface area contributed by atoms with E-state index in [0.29, 0.717) is 0 Å². The van der Waals surface area contributed by atoms with E-state index in [1.54, 1.807) is 7.05 Å². The number of fused-ring (bicyclic) bond motifs is 1. The zero-order chi connectivity index (χ0) is 15.7. The number of anilines is 1. The summed E-state index contributed by atoms with van der Waals surface area (Å²) in [6.45, 7) is 0. The van der Waals surface area contributed by atoms with E-state index >= 15 is 0 Å². The number of nitrogens with zero attached hydrogens (tertiary/aromatic N) is 2. The van der Waals surface area contributed by atoms with Gasteiger partial charge in [-0.3, -0.25) is 9.59 Å². The first kappa shape index (κ1) is 14.9. The Morgan fingerprint density at radius 3 is 2.86 bits per heavy atom. The van der Waals surface area contributed by atoms with Crippen molar-refractivity contribution in [2.24, 2.45) is 0 Å². The molecule has 114 valence electrons. The van der Waals surface area contributed by atoms with Crippen molar-refractivity contribution in [1.82, 2.24) is 4.90 Å². The van der Waals surface area contributed by atoms with Gasteiger partial charge in [-0.1, -0.05) is 12.1 Å². The highest BCUT2D eigenvalue weighted by atomic mass is 32.2. The van der Waals surface area contributed by atoms with E-state index < -0.39 is 10.8 Å². The molecule has 0 bridgehead atoms. The lowest BCUT2D eigenvalue weighted by molar-refractivity contribution is -0.137. The molecular formula is C16H17N3O2S. The molecule has 1 heterocycles. The highest BCUT2D eigenvalue weighted by Crippen LogP contribution is 2.39. The van der Waals surface area contributed by atoms with E-state index in [4.69, 9.17) is 0 Å². The van der Waals surface area contributed by atoms with Gasteiger partial charge in [0.25, 0.3) is 0 Å². The number of carbonyl (C=O) groups is 2. The van der Waals surface area contributed by atoms with Gasteiger partial charge in [-0.25, -0.2) is 0 Å². The van der Waals surface area contributed by atoms with Crippen molar-refractivity contribution < 1.29 is 9.59 Å². The highest BCUT2D eigenvalue weighted by molar-refractivity contribution is 8.01. The van der Waals surface area contributed by atoms with E-state index in [-0.39, 0.29) is 18.2 Å². The van der Waals surface area contributed by atoms with Gasteiger partial charge in [-0.05, 0) is 31.4 Å². The Labute approximate surface area is 133 Å². The molecule has 1 N–H and O–H groups in total. The van der Waals surface area contributed by atoms with Crippen molar-refractivity contribution in [1.29, 1.82) is 5.26 Å². The number of nitriles is 1. The maximum atomic E-state index is 12.4. The molecule has 1 aliphatic carbocycles. The zero-order valence-electron chi connectivity index (χ0n) is 12.3. The van der Waals surface area contributed by atoms with Crippen molar-refractivity contribution in [3.05, 3.63) is 24.3 Å². The SMILES string of the molecule is CN(C(=O)C[C@H]1Sc2ccccc2NC1=O)C1(C#N)CCC1. The summed E-state index contributed by atoms with van der Waals surface area (Å²) in [5.41, 5.74) is 0.132. The standard InChI is InChI=1S/C16H17N3O2S/c1-19(16(10-17)7-4-8-16)14(20)9-13-15(21)18-11-5-2-3-6-12(11)22-13/h2-3,5-6,13H,4,7-9H2,1H3,(H,18,21)/t13-/m1/s1. The third kappa shape index (κ3) is 2.46. The summed E-state index contributed by atoms with van der Waals surface area (Å²) in [6.07, 6.45) is 2.53. The van der Waals surface area contributed by atoms with Crippen LogP contribution in [0.25, 0.3) is 0 Å². The molecule has 1 atom stereocenters. The number of rotatable bonds is 3. The minimum atomic E-state index is -0.662. The van der Waals surface area contributed by atoms with Gasteiger partial charge in [0.15, 0.2) is 0 Å². The second-order valence-corrected chi connectivity index (χ2v) is 6.99. The normalized spacial score (nSPS) is 21.8. The molecule has 3 rings (SSSR count). The molecule has 0 unspecified atom stereocenters. The van der Waals surface area contributed by atoms with E-state index in [1.807, 2.05) is 24.3 Å². The molecule has 2 amide bonds. The lowest BCUT2D eigenvalue weighted by atomic mass is 9.76. The molecule has 0 spiro atoms. The topological polar surface area (TPSA) is 73.2 Å². The molecule has 0 aromatic heterocycles. The fourth-order valence-electron chi connectivity index (χ4n) is 2.80. The molecule has 1 aromatic rings. The van der Waals surface area contributed by atoms with Crippen molar-refractivity contribution in [3.63, 3.8) is 0 Å². The average Bonchev–Trinajstić information content (AvgIpc) is 2.47. The Morgan fingerprint density at radius 1 is 1.50 bits per heavy atom.